The topological polar surface area (TPSA) is 34.1 Å². The van der Waals surface area contributed by atoms with Crippen LogP contribution in [-0.2, 0) is 17.5 Å². The first-order valence-corrected chi connectivity index (χ1v) is 6.55. The molecule has 0 fully saturated rings. The zero-order chi connectivity index (χ0) is 15.3. The number of halogens is 3. The molecule has 0 amide bonds. The molecule has 1 heterocycles. The summed E-state index contributed by atoms with van der Waals surface area (Å²) in [5.41, 5.74) is 0.0436. The number of hydrogen-bond donors (Lipinski definition) is 1. The number of hydrogen-bond acceptors (Lipinski definition) is 3. The first-order chi connectivity index (χ1) is 9.25. The van der Waals surface area contributed by atoms with E-state index in [0.717, 1.165) is 6.07 Å². The van der Waals surface area contributed by atoms with Gasteiger partial charge in [0.2, 0.25) is 0 Å². The molecule has 0 aliphatic carbocycles. The van der Waals surface area contributed by atoms with Crippen LogP contribution in [0.5, 0.6) is 0 Å². The van der Waals surface area contributed by atoms with Crippen LogP contribution in [0.4, 0.5) is 13.2 Å². The molecule has 0 aromatic carbocycles. The maximum atomic E-state index is 12.9. The summed E-state index contributed by atoms with van der Waals surface area (Å²) in [5, 5.41) is 3.16. The normalized spacial score (nSPS) is 13.8. The van der Waals surface area contributed by atoms with E-state index in [1.807, 2.05) is 6.92 Å². The van der Waals surface area contributed by atoms with Crippen molar-refractivity contribution in [3.63, 3.8) is 0 Å². The third-order valence-electron chi connectivity index (χ3n) is 2.88. The number of aromatic nitrogens is 1. The average molecular weight is 290 g/mol. The lowest BCUT2D eigenvalue weighted by atomic mass is 10.0. The second-order valence-electron chi connectivity index (χ2n) is 5.13. The summed E-state index contributed by atoms with van der Waals surface area (Å²) in [6.45, 7) is 6.32. The van der Waals surface area contributed by atoms with Crippen molar-refractivity contribution < 1.29 is 17.9 Å². The maximum absolute atomic E-state index is 12.9. The minimum Gasteiger partial charge on any atom is -0.383 e. The van der Waals surface area contributed by atoms with E-state index in [-0.39, 0.29) is 17.7 Å². The molecular weight excluding hydrogens is 269 g/mol. The molecular formula is C14H21F3N2O. The summed E-state index contributed by atoms with van der Waals surface area (Å²) >= 11 is 0. The lowest BCUT2D eigenvalue weighted by Gasteiger charge is -2.17. The monoisotopic (exact) mass is 290 g/mol. The second-order valence-corrected chi connectivity index (χ2v) is 5.13. The quantitative estimate of drug-likeness (QED) is 0.872. The van der Waals surface area contributed by atoms with E-state index in [1.54, 1.807) is 21.0 Å². The smallest absolute Gasteiger partial charge is 0.383 e. The number of methoxy groups -OCH3 is 1. The molecule has 1 rings (SSSR count). The van der Waals surface area contributed by atoms with E-state index in [2.05, 4.69) is 10.3 Å². The Balaban J connectivity index is 2.88. The largest absolute Gasteiger partial charge is 0.418 e. The third-order valence-corrected chi connectivity index (χ3v) is 2.88. The molecule has 0 aliphatic heterocycles. The van der Waals surface area contributed by atoms with Gasteiger partial charge in [-0.05, 0) is 25.0 Å². The van der Waals surface area contributed by atoms with Crippen molar-refractivity contribution in [1.82, 2.24) is 10.3 Å². The summed E-state index contributed by atoms with van der Waals surface area (Å²) in [7, 11) is 1.60. The lowest BCUT2D eigenvalue weighted by Crippen LogP contribution is -2.30. The number of ether oxygens (including phenoxy) is 1. The summed E-state index contributed by atoms with van der Waals surface area (Å²) in [6.07, 6.45) is -4.36. The molecule has 1 aromatic rings. The fourth-order valence-electron chi connectivity index (χ4n) is 1.88. The van der Waals surface area contributed by atoms with Gasteiger partial charge in [-0.25, -0.2) is 0 Å². The number of nitrogens with one attached hydrogen (secondary N) is 1. The predicted octanol–water partition coefficient (Wildman–Crippen LogP) is 3.35. The molecule has 0 bridgehead atoms. The Kier molecular flexibility index (Phi) is 5.95. The van der Waals surface area contributed by atoms with Crippen LogP contribution in [0.2, 0.25) is 0 Å². The van der Waals surface area contributed by atoms with Crippen molar-refractivity contribution in [1.29, 1.82) is 0 Å². The molecule has 114 valence electrons. The highest BCUT2D eigenvalue weighted by Crippen LogP contribution is 2.34. The number of nitrogens with zero attached hydrogens (tertiary/aromatic N) is 1. The molecule has 1 aromatic heterocycles. The average Bonchev–Trinajstić information content (AvgIpc) is 2.35. The Morgan fingerprint density at radius 1 is 1.25 bits per heavy atom. The number of pyridine rings is 1. The number of alkyl halides is 3. The van der Waals surface area contributed by atoms with Gasteiger partial charge < -0.3 is 10.1 Å². The van der Waals surface area contributed by atoms with Gasteiger partial charge in [-0.3, -0.25) is 4.98 Å². The van der Waals surface area contributed by atoms with Gasteiger partial charge in [0.25, 0.3) is 0 Å². The molecule has 1 atom stereocenters. The van der Waals surface area contributed by atoms with E-state index < -0.39 is 11.7 Å². The Hall–Kier alpha value is -1.14. The van der Waals surface area contributed by atoms with Crippen molar-refractivity contribution in [2.75, 3.05) is 13.7 Å². The van der Waals surface area contributed by atoms with E-state index in [4.69, 9.17) is 4.74 Å². The van der Waals surface area contributed by atoms with Crippen LogP contribution in [0.25, 0.3) is 0 Å². The Bertz CT molecular complexity index is 433. The Morgan fingerprint density at radius 2 is 1.90 bits per heavy atom. The summed E-state index contributed by atoms with van der Waals surface area (Å²) in [5.74, 6) is -0.275. The van der Waals surface area contributed by atoms with Crippen LogP contribution < -0.4 is 5.32 Å². The summed E-state index contributed by atoms with van der Waals surface area (Å²) in [6, 6.07) is 2.65. The molecule has 0 radical (unpaired) electrons. The second kappa shape index (κ2) is 7.04. The minimum absolute atomic E-state index is 0.0937. The van der Waals surface area contributed by atoms with E-state index >= 15 is 0 Å². The standard InChI is InChI=1S/C14H21F3N2O/c1-9(2)13-12(14(15,16)17)6-5-11(19-13)7-18-10(3)8-20-4/h5-6,9-10,18H,7-8H2,1-4H3/t10-/m0/s1. The van der Waals surface area contributed by atoms with Gasteiger partial charge in [-0.15, -0.1) is 0 Å². The molecule has 0 spiro atoms. The zero-order valence-corrected chi connectivity index (χ0v) is 12.2. The highest BCUT2D eigenvalue weighted by atomic mass is 19.4. The van der Waals surface area contributed by atoms with E-state index in [0.29, 0.717) is 18.8 Å². The van der Waals surface area contributed by atoms with Crippen LogP contribution >= 0.6 is 0 Å². The molecule has 0 saturated heterocycles. The van der Waals surface area contributed by atoms with Gasteiger partial charge in [-0.1, -0.05) is 13.8 Å². The molecule has 6 heteroatoms. The van der Waals surface area contributed by atoms with Crippen molar-refractivity contribution in [3.05, 3.63) is 29.1 Å². The molecule has 1 N–H and O–H groups in total. The van der Waals surface area contributed by atoms with E-state index in [1.165, 1.54) is 6.07 Å². The van der Waals surface area contributed by atoms with Crippen molar-refractivity contribution in [2.45, 2.75) is 45.5 Å². The van der Waals surface area contributed by atoms with Crippen LogP contribution in [0.15, 0.2) is 12.1 Å². The van der Waals surface area contributed by atoms with Gasteiger partial charge in [0.1, 0.15) is 0 Å². The Morgan fingerprint density at radius 3 is 2.40 bits per heavy atom. The maximum Gasteiger partial charge on any atom is 0.418 e. The van der Waals surface area contributed by atoms with Crippen LogP contribution in [0.3, 0.4) is 0 Å². The predicted molar refractivity (Wildman–Crippen MR) is 71.5 cm³/mol. The first-order valence-electron chi connectivity index (χ1n) is 6.55. The van der Waals surface area contributed by atoms with E-state index in [9.17, 15) is 13.2 Å². The van der Waals surface area contributed by atoms with Crippen LogP contribution in [0, 0.1) is 0 Å². The minimum atomic E-state index is -4.36. The molecule has 0 aliphatic rings. The highest BCUT2D eigenvalue weighted by Gasteiger charge is 2.34. The van der Waals surface area contributed by atoms with Gasteiger partial charge in [0, 0.05) is 19.7 Å². The number of rotatable bonds is 6. The van der Waals surface area contributed by atoms with Gasteiger partial charge in [0.05, 0.1) is 23.6 Å². The highest BCUT2D eigenvalue weighted by molar-refractivity contribution is 5.28. The zero-order valence-electron chi connectivity index (χ0n) is 12.2. The lowest BCUT2D eigenvalue weighted by molar-refractivity contribution is -0.138. The molecule has 0 saturated carbocycles. The molecule has 20 heavy (non-hydrogen) atoms. The fraction of sp³-hybridized carbons (Fsp3) is 0.643. The van der Waals surface area contributed by atoms with Gasteiger partial charge in [-0.2, -0.15) is 13.2 Å². The Labute approximate surface area is 117 Å². The summed E-state index contributed by atoms with van der Waals surface area (Å²) in [4.78, 5) is 4.15. The molecule has 0 unspecified atom stereocenters. The van der Waals surface area contributed by atoms with Crippen molar-refractivity contribution in [3.8, 4) is 0 Å². The first kappa shape index (κ1) is 16.9. The molecule has 3 nitrogen and oxygen atoms in total. The van der Waals surface area contributed by atoms with Crippen LogP contribution in [0.1, 0.15) is 43.6 Å². The third kappa shape index (κ3) is 4.76. The van der Waals surface area contributed by atoms with Crippen LogP contribution in [-0.4, -0.2) is 24.7 Å². The summed E-state index contributed by atoms with van der Waals surface area (Å²) < 4.78 is 43.6. The van der Waals surface area contributed by atoms with Gasteiger partial charge in [0.15, 0.2) is 0 Å². The van der Waals surface area contributed by atoms with Crippen molar-refractivity contribution >= 4 is 0 Å². The SMILES string of the molecule is COC[C@H](C)NCc1ccc(C(F)(F)F)c(C(C)C)n1. The van der Waals surface area contributed by atoms with Gasteiger partial charge >= 0.3 is 6.18 Å². The van der Waals surface area contributed by atoms with Crippen molar-refractivity contribution in [2.24, 2.45) is 0 Å². The fourth-order valence-corrected chi connectivity index (χ4v) is 1.88.